The highest BCUT2D eigenvalue weighted by Gasteiger charge is 2.27. The van der Waals surface area contributed by atoms with E-state index in [1.807, 2.05) is 9.13 Å². The average Bonchev–Trinajstić information content (AvgIpc) is 2.17. The summed E-state index contributed by atoms with van der Waals surface area (Å²) in [5, 5.41) is 30.8. The van der Waals surface area contributed by atoms with Crippen LogP contribution in [0.2, 0.25) is 0 Å². The Morgan fingerprint density at radius 3 is 1.25 bits per heavy atom. The summed E-state index contributed by atoms with van der Waals surface area (Å²) < 4.78 is 14.8. The minimum absolute atomic E-state index is 0.0912. The number of carbonyl (C=O) groups excluding carboxylic acids is 8. The summed E-state index contributed by atoms with van der Waals surface area (Å²) in [5.74, 6) is -3.07. The molecule has 3 aliphatic heterocycles. The van der Waals surface area contributed by atoms with Crippen molar-refractivity contribution in [2.75, 3.05) is 42.2 Å². The van der Waals surface area contributed by atoms with Gasteiger partial charge in [0.2, 0.25) is 17.5 Å². The molecule has 9 aromatic heterocycles. The van der Waals surface area contributed by atoms with Gasteiger partial charge in [-0.1, -0.05) is 12.8 Å². The summed E-state index contributed by atoms with van der Waals surface area (Å²) in [7, 11) is 4.88. The van der Waals surface area contributed by atoms with Crippen LogP contribution in [-0.4, -0.2) is 148 Å². The number of hydrogen-bond acceptors (Lipinski definition) is 16. The summed E-state index contributed by atoms with van der Waals surface area (Å²) in [4.78, 5) is 136. The number of aryl methyl sites for hydroxylation is 6. The van der Waals surface area contributed by atoms with Crippen LogP contribution in [0.3, 0.4) is 0 Å². The van der Waals surface area contributed by atoms with E-state index in [1.54, 1.807) is 90.9 Å². The van der Waals surface area contributed by atoms with Crippen LogP contribution in [0.5, 0.6) is 0 Å². The molecule has 0 aromatic carbocycles. The number of pyridine rings is 3. The normalized spacial score (nSPS) is 14.7. The van der Waals surface area contributed by atoms with Gasteiger partial charge in [0.1, 0.15) is 51.1 Å². The molecule has 0 saturated heterocycles. The lowest BCUT2D eigenvalue weighted by atomic mass is 10.2. The molecule has 0 spiro atoms. The van der Waals surface area contributed by atoms with E-state index in [0.717, 1.165) is 61.1 Å². The molecule has 1 saturated carbocycles. The smallest absolute Gasteiger partial charge is 0.374 e. The third kappa shape index (κ3) is 12.2. The minimum atomic E-state index is -1.19. The van der Waals surface area contributed by atoms with Crippen LogP contribution in [-0.2, 0) is 45.5 Å². The van der Waals surface area contributed by atoms with Crippen molar-refractivity contribution >= 4 is 104 Å². The maximum Gasteiger partial charge on any atom is 0.374 e. The van der Waals surface area contributed by atoms with Crippen molar-refractivity contribution in [1.29, 1.82) is 0 Å². The molecule has 1 aliphatic carbocycles. The Kier molecular flexibility index (Phi) is 16.6. The second-order valence-electron chi connectivity index (χ2n) is 21.2. The molecule has 454 valence electrons. The number of rotatable bonds is 11. The molecule has 30 nitrogen and oxygen atoms in total. The first kappa shape index (κ1) is 58.7. The van der Waals surface area contributed by atoms with Gasteiger partial charge >= 0.3 is 11.9 Å². The van der Waals surface area contributed by atoms with Gasteiger partial charge in [-0.05, 0) is 93.6 Å². The van der Waals surface area contributed by atoms with Crippen molar-refractivity contribution in [3.8, 4) is 0 Å². The number of carbonyl (C=O) groups is 9. The molecule has 7 amide bonds. The highest BCUT2D eigenvalue weighted by Crippen LogP contribution is 2.26. The fourth-order valence-electron chi connectivity index (χ4n) is 10.8. The molecule has 30 heteroatoms. The molecule has 0 radical (unpaired) electrons. The van der Waals surface area contributed by atoms with E-state index in [-0.39, 0.29) is 88.3 Å². The van der Waals surface area contributed by atoms with Gasteiger partial charge < -0.3 is 74.5 Å². The van der Waals surface area contributed by atoms with Gasteiger partial charge in [0.15, 0.2) is 17.5 Å². The molecule has 13 rings (SSSR count). The number of aromatic carboxylic acids is 1. The quantitative estimate of drug-likeness (QED) is 0.0848. The van der Waals surface area contributed by atoms with Crippen molar-refractivity contribution in [1.82, 2.24) is 78.6 Å². The number of ether oxygens (including phenoxy) is 1. The third-order valence-corrected chi connectivity index (χ3v) is 15.1. The lowest BCUT2D eigenvalue weighted by Gasteiger charge is -2.11. The summed E-state index contributed by atoms with van der Waals surface area (Å²) in [6, 6.07) is 15.5. The van der Waals surface area contributed by atoms with Crippen LogP contribution in [0.1, 0.15) is 147 Å². The van der Waals surface area contributed by atoms with E-state index in [0.29, 0.717) is 73.3 Å². The number of fused-ring (bicyclic) bond motifs is 9. The number of aromatic nitrogens is 12. The zero-order valence-electron chi connectivity index (χ0n) is 48.3. The molecule has 8 N–H and O–H groups in total. The standard InChI is InChI=1S/C22H25N7O3.C19H20N6O4.C17H16N6O4/c1-28-12-17(26-19(28)22(32)24-14-5-2-3-6-14)27-20(30)15-8-7-13-11-16-21(31)23-9-4-10-29(16)18(13)25-15;1-3-29-19(28)16-22-14(10-24(16)2)23-17(26)12-6-5-11-9-13-18(27)20-7-4-8-25(13)15(11)21-12;1-22-8-12(20-14(22)17(26)27)21-15(24)10-4-3-9-7-11-16(25)18-5-2-6-23(11)13(9)19-10/h7-8,11-12,14H,2-6,9-10H2,1H3,(H,23,31)(H,24,32)(H,27,30);5-6,9-10H,3-4,7-8H2,1-2H3,(H,20,27)(H,23,26);3-4,7-8H,2,5-6H2,1H3,(H,18,25)(H,21,24)(H,26,27). The second-order valence-corrected chi connectivity index (χ2v) is 21.2. The van der Waals surface area contributed by atoms with E-state index in [2.05, 4.69) is 67.1 Å². The lowest BCUT2D eigenvalue weighted by Crippen LogP contribution is -2.34. The average molecular weight is 1200 g/mol. The number of esters is 1. The first-order valence-electron chi connectivity index (χ1n) is 28.5. The van der Waals surface area contributed by atoms with Crippen LogP contribution in [0.15, 0.2) is 73.2 Å². The predicted molar refractivity (Wildman–Crippen MR) is 316 cm³/mol. The number of anilines is 3. The van der Waals surface area contributed by atoms with Crippen molar-refractivity contribution in [2.45, 2.75) is 77.5 Å². The second kappa shape index (κ2) is 24.9. The predicted octanol–water partition coefficient (Wildman–Crippen LogP) is 4.01. The summed E-state index contributed by atoms with van der Waals surface area (Å²) in [6.45, 7) is 5.65. The lowest BCUT2D eigenvalue weighted by molar-refractivity contribution is 0.0506. The van der Waals surface area contributed by atoms with Crippen molar-refractivity contribution < 1.29 is 53.0 Å². The van der Waals surface area contributed by atoms with E-state index in [9.17, 15) is 43.2 Å². The van der Waals surface area contributed by atoms with Gasteiger partial charge in [-0.2, -0.15) is 0 Å². The fraction of sp³-hybridized carbons (Fsp3) is 0.328. The topological polar surface area (TPSA) is 374 Å². The molecule has 4 aliphatic rings. The highest BCUT2D eigenvalue weighted by molar-refractivity contribution is 6.07. The number of amides is 7. The summed E-state index contributed by atoms with van der Waals surface area (Å²) in [6.07, 6.45) is 11.1. The van der Waals surface area contributed by atoms with E-state index in [1.165, 1.54) is 28.6 Å². The highest BCUT2D eigenvalue weighted by atomic mass is 16.5. The monoisotopic (exact) mass is 1200 g/mol. The summed E-state index contributed by atoms with van der Waals surface area (Å²) in [5.41, 5.74) is 3.88. The maximum atomic E-state index is 12.8. The molecule has 0 unspecified atom stereocenters. The third-order valence-electron chi connectivity index (χ3n) is 15.1. The molecular weight excluding hydrogens is 1140 g/mol. The van der Waals surface area contributed by atoms with Crippen LogP contribution in [0.25, 0.3) is 33.1 Å². The number of carboxylic acids is 1. The minimum Gasteiger partial charge on any atom is -0.475 e. The van der Waals surface area contributed by atoms with Gasteiger partial charge in [0.05, 0.1) is 6.61 Å². The molecule has 9 aromatic rings. The van der Waals surface area contributed by atoms with Gasteiger partial charge in [0.25, 0.3) is 41.4 Å². The Morgan fingerprint density at radius 1 is 0.511 bits per heavy atom. The first-order chi connectivity index (χ1) is 42.4. The van der Waals surface area contributed by atoms with E-state index in [4.69, 9.17) is 9.84 Å². The van der Waals surface area contributed by atoms with Crippen molar-refractivity contribution in [3.05, 3.63) is 125 Å². The largest absolute Gasteiger partial charge is 0.475 e. The van der Waals surface area contributed by atoms with Gasteiger partial charge in [-0.3, -0.25) is 33.6 Å². The molecule has 0 atom stereocenters. The zero-order chi connectivity index (χ0) is 61.9. The number of nitrogens with one attached hydrogen (secondary N) is 7. The SMILES string of the molecule is CCOC(=O)c1nc(NC(=O)c2ccc3cc4n(c3n2)CCCNC4=O)cn1C.Cn1cc(NC(=O)c2ccc3cc4n(c3n2)CCCNC4=O)nc1C(=O)NC1CCCC1.Cn1cc(NC(=O)c2ccc3cc4n(c3n2)CCCNC4=O)nc1C(=O)O. The van der Waals surface area contributed by atoms with E-state index >= 15 is 0 Å². The van der Waals surface area contributed by atoms with Crippen LogP contribution in [0, 0.1) is 0 Å². The number of hydrogen-bond donors (Lipinski definition) is 8. The van der Waals surface area contributed by atoms with Crippen molar-refractivity contribution in [2.24, 2.45) is 21.1 Å². The molecule has 1 fully saturated rings. The number of carboxylic acid groups (broad SMARTS) is 1. The molecular formula is C58H61N19O11. The zero-order valence-corrected chi connectivity index (χ0v) is 48.3. The van der Waals surface area contributed by atoms with Crippen LogP contribution >= 0.6 is 0 Å². The molecule has 12 heterocycles. The Bertz CT molecular complexity index is 4310. The van der Waals surface area contributed by atoms with E-state index < -0.39 is 29.7 Å². The number of nitrogens with zero attached hydrogens (tertiary/aromatic N) is 12. The molecule has 0 bridgehead atoms. The maximum absolute atomic E-state index is 12.8. The summed E-state index contributed by atoms with van der Waals surface area (Å²) >= 11 is 0. The Labute approximate surface area is 499 Å². The Hall–Kier alpha value is -11.1. The Morgan fingerprint density at radius 2 is 0.875 bits per heavy atom. The Balaban J connectivity index is 0.000000137. The van der Waals surface area contributed by atoms with Gasteiger partial charge in [-0.25, -0.2) is 39.5 Å². The van der Waals surface area contributed by atoms with Gasteiger partial charge in [-0.15, -0.1) is 0 Å². The number of imidazole rings is 3. The van der Waals surface area contributed by atoms with Crippen molar-refractivity contribution in [3.63, 3.8) is 0 Å². The van der Waals surface area contributed by atoms with Crippen LogP contribution in [0.4, 0.5) is 17.5 Å². The molecule has 88 heavy (non-hydrogen) atoms. The first-order valence-corrected chi connectivity index (χ1v) is 28.5. The van der Waals surface area contributed by atoms with Gasteiger partial charge in [0, 0.05) is 101 Å². The van der Waals surface area contributed by atoms with Crippen LogP contribution < -0.4 is 37.2 Å². The fourth-order valence-corrected chi connectivity index (χ4v) is 10.8.